The summed E-state index contributed by atoms with van der Waals surface area (Å²) >= 11 is 0. The molecular weight excluding hydrogens is 517 g/mol. The molecule has 0 spiro atoms. The van der Waals surface area contributed by atoms with E-state index in [-0.39, 0.29) is 17.6 Å². The van der Waals surface area contributed by atoms with E-state index >= 15 is 0 Å². The first-order chi connectivity index (χ1) is 18.2. The minimum atomic E-state index is -4.20. The molecule has 0 saturated carbocycles. The van der Waals surface area contributed by atoms with Gasteiger partial charge in [-0.1, -0.05) is 6.07 Å². The van der Waals surface area contributed by atoms with Crippen LogP contribution in [0.25, 0.3) is 17.2 Å². The number of aryl methyl sites for hydroxylation is 1. The molecule has 14 heteroatoms. The van der Waals surface area contributed by atoms with Gasteiger partial charge in [0.2, 0.25) is 16.0 Å². The largest absolute Gasteiger partial charge is 0.494 e. The SMILES string of the molecule is COc1cccc(OC)c1-n1c(NS(=O)(=O)[C@H](C)[C@@H](OC)c2ncc(F)cn2)nnc1-c1cc(C)ccn1. The third kappa shape index (κ3) is 5.26. The van der Waals surface area contributed by atoms with Crippen molar-refractivity contribution in [3.8, 4) is 28.7 Å². The molecule has 0 aliphatic heterocycles. The highest BCUT2D eigenvalue weighted by Gasteiger charge is 2.35. The van der Waals surface area contributed by atoms with Gasteiger partial charge in [-0.15, -0.1) is 10.2 Å². The predicted octanol–water partition coefficient (Wildman–Crippen LogP) is 3.10. The molecule has 0 bridgehead atoms. The number of benzene rings is 1. The lowest BCUT2D eigenvalue weighted by Crippen LogP contribution is -2.33. The van der Waals surface area contributed by atoms with Crippen molar-refractivity contribution in [3.63, 3.8) is 0 Å². The summed E-state index contributed by atoms with van der Waals surface area (Å²) in [4.78, 5) is 12.1. The van der Waals surface area contributed by atoms with Gasteiger partial charge in [-0.3, -0.25) is 14.3 Å². The van der Waals surface area contributed by atoms with Gasteiger partial charge in [0.1, 0.15) is 34.2 Å². The van der Waals surface area contributed by atoms with Crippen LogP contribution in [0.4, 0.5) is 10.3 Å². The Labute approximate surface area is 218 Å². The number of methoxy groups -OCH3 is 3. The molecule has 12 nitrogen and oxygen atoms in total. The minimum absolute atomic E-state index is 0.00397. The van der Waals surface area contributed by atoms with Crippen LogP contribution in [0.3, 0.4) is 0 Å². The van der Waals surface area contributed by atoms with Gasteiger partial charge in [-0.2, -0.15) is 0 Å². The normalized spacial score (nSPS) is 13.1. The molecule has 0 aliphatic rings. The first-order valence-electron chi connectivity index (χ1n) is 11.3. The second-order valence-electron chi connectivity index (χ2n) is 8.18. The summed E-state index contributed by atoms with van der Waals surface area (Å²) < 4.78 is 60.9. The Morgan fingerprint density at radius 2 is 1.66 bits per heavy atom. The molecule has 200 valence electrons. The van der Waals surface area contributed by atoms with Crippen molar-refractivity contribution in [2.75, 3.05) is 26.1 Å². The van der Waals surface area contributed by atoms with Gasteiger partial charge in [0.15, 0.2) is 17.5 Å². The summed E-state index contributed by atoms with van der Waals surface area (Å²) in [7, 11) is 0.0633. The summed E-state index contributed by atoms with van der Waals surface area (Å²) in [6.07, 6.45) is 2.38. The molecule has 2 atom stereocenters. The quantitative estimate of drug-likeness (QED) is 0.317. The lowest BCUT2D eigenvalue weighted by Gasteiger charge is -2.22. The topological polar surface area (TPSA) is 143 Å². The Balaban J connectivity index is 1.84. The fourth-order valence-corrected chi connectivity index (χ4v) is 4.93. The monoisotopic (exact) mass is 543 g/mol. The van der Waals surface area contributed by atoms with E-state index in [1.54, 1.807) is 30.5 Å². The lowest BCUT2D eigenvalue weighted by molar-refractivity contribution is 0.0948. The van der Waals surface area contributed by atoms with Crippen molar-refractivity contribution in [2.24, 2.45) is 0 Å². The smallest absolute Gasteiger partial charge is 0.243 e. The number of pyridine rings is 1. The summed E-state index contributed by atoms with van der Waals surface area (Å²) in [6.45, 7) is 3.31. The van der Waals surface area contributed by atoms with Crippen LogP contribution in [0.5, 0.6) is 11.5 Å². The van der Waals surface area contributed by atoms with Gasteiger partial charge in [0.05, 0.1) is 26.6 Å². The first-order valence-corrected chi connectivity index (χ1v) is 12.9. The molecule has 0 aliphatic carbocycles. The molecule has 4 rings (SSSR count). The van der Waals surface area contributed by atoms with E-state index in [0.717, 1.165) is 18.0 Å². The van der Waals surface area contributed by atoms with E-state index in [9.17, 15) is 12.8 Å². The molecule has 3 aromatic heterocycles. The van der Waals surface area contributed by atoms with E-state index in [4.69, 9.17) is 14.2 Å². The van der Waals surface area contributed by atoms with Crippen molar-refractivity contribution in [1.82, 2.24) is 29.7 Å². The first kappa shape index (κ1) is 26.9. The van der Waals surface area contributed by atoms with E-state index in [1.165, 1.54) is 32.8 Å². The standard InChI is InChI=1S/C24H26FN7O5S/c1-14-9-10-26-17(11-14)23-29-30-24(32(23)20-18(35-3)7-6-8-19(20)36-4)31-38(33,34)15(2)21(37-5)22-27-12-16(25)13-28-22/h6-13,15,21H,1-5H3,(H,30,31)/t15-,21-/m1/s1. The van der Waals surface area contributed by atoms with Gasteiger partial charge in [-0.05, 0) is 43.7 Å². The molecule has 1 aromatic carbocycles. The molecule has 1 N–H and O–H groups in total. The molecule has 0 amide bonds. The lowest BCUT2D eigenvalue weighted by atomic mass is 10.2. The minimum Gasteiger partial charge on any atom is -0.494 e. The third-order valence-corrected chi connectivity index (χ3v) is 7.42. The van der Waals surface area contributed by atoms with Gasteiger partial charge in [0.25, 0.3) is 0 Å². The van der Waals surface area contributed by atoms with Gasteiger partial charge in [0, 0.05) is 13.3 Å². The van der Waals surface area contributed by atoms with Crippen LogP contribution in [-0.4, -0.2) is 64.7 Å². The van der Waals surface area contributed by atoms with Crippen LogP contribution in [0.2, 0.25) is 0 Å². The second-order valence-corrected chi connectivity index (χ2v) is 10.2. The molecular formula is C24H26FN7O5S. The zero-order chi connectivity index (χ0) is 27.4. The van der Waals surface area contributed by atoms with Crippen LogP contribution in [0.15, 0.2) is 48.9 Å². The number of halogens is 1. The number of aromatic nitrogens is 6. The number of rotatable bonds is 10. The maximum Gasteiger partial charge on any atom is 0.243 e. The number of anilines is 1. The number of hydrogen-bond acceptors (Lipinski definition) is 10. The number of nitrogens with one attached hydrogen (secondary N) is 1. The number of nitrogens with zero attached hydrogens (tertiary/aromatic N) is 6. The van der Waals surface area contributed by atoms with Crippen LogP contribution >= 0.6 is 0 Å². The van der Waals surface area contributed by atoms with E-state index in [0.29, 0.717) is 22.9 Å². The van der Waals surface area contributed by atoms with Crippen molar-refractivity contribution in [1.29, 1.82) is 0 Å². The van der Waals surface area contributed by atoms with E-state index in [2.05, 4.69) is 29.9 Å². The fraction of sp³-hybridized carbons (Fsp3) is 0.292. The average molecular weight is 544 g/mol. The summed E-state index contributed by atoms with van der Waals surface area (Å²) in [5.74, 6) is 0.194. The molecule has 0 saturated heterocycles. The Morgan fingerprint density at radius 3 is 2.24 bits per heavy atom. The third-order valence-electron chi connectivity index (χ3n) is 5.73. The zero-order valence-corrected chi connectivity index (χ0v) is 22.1. The molecule has 38 heavy (non-hydrogen) atoms. The molecule has 0 radical (unpaired) electrons. The van der Waals surface area contributed by atoms with Crippen molar-refractivity contribution < 1.29 is 27.0 Å². The van der Waals surface area contributed by atoms with Crippen LogP contribution < -0.4 is 14.2 Å². The summed E-state index contributed by atoms with van der Waals surface area (Å²) in [5.41, 5.74) is 1.71. The van der Waals surface area contributed by atoms with Crippen molar-refractivity contribution in [3.05, 3.63) is 66.1 Å². The van der Waals surface area contributed by atoms with Crippen molar-refractivity contribution in [2.45, 2.75) is 25.2 Å². The number of para-hydroxylation sites is 1. The Bertz CT molecular complexity index is 1510. The van der Waals surface area contributed by atoms with Gasteiger partial charge in [-0.25, -0.2) is 22.8 Å². The summed E-state index contributed by atoms with van der Waals surface area (Å²) in [5, 5.41) is 7.16. The molecule has 4 aromatic rings. The summed E-state index contributed by atoms with van der Waals surface area (Å²) in [6, 6.07) is 8.73. The number of sulfonamides is 1. The molecule has 0 fully saturated rings. The molecule has 3 heterocycles. The van der Waals surface area contributed by atoms with Gasteiger partial charge < -0.3 is 14.2 Å². The number of ether oxygens (including phenoxy) is 3. The highest BCUT2D eigenvalue weighted by atomic mass is 32.2. The fourth-order valence-electron chi connectivity index (χ4n) is 3.80. The average Bonchev–Trinajstić information content (AvgIpc) is 3.31. The Kier molecular flexibility index (Phi) is 7.83. The maximum absolute atomic E-state index is 13.6. The second kappa shape index (κ2) is 11.1. The van der Waals surface area contributed by atoms with Crippen LogP contribution in [-0.2, 0) is 14.8 Å². The predicted molar refractivity (Wildman–Crippen MR) is 136 cm³/mol. The molecule has 0 unspecified atom stereocenters. The number of hydrogen-bond donors (Lipinski definition) is 1. The Hall–Kier alpha value is -4.17. The maximum atomic E-state index is 13.6. The Morgan fingerprint density at radius 1 is 1.00 bits per heavy atom. The van der Waals surface area contributed by atoms with Crippen LogP contribution in [0, 0.1) is 12.7 Å². The van der Waals surface area contributed by atoms with Crippen LogP contribution in [0.1, 0.15) is 24.4 Å². The van der Waals surface area contributed by atoms with E-state index < -0.39 is 27.2 Å². The zero-order valence-electron chi connectivity index (χ0n) is 21.3. The van der Waals surface area contributed by atoms with E-state index in [1.807, 2.05) is 13.0 Å². The highest BCUT2D eigenvalue weighted by molar-refractivity contribution is 7.93. The van der Waals surface area contributed by atoms with Gasteiger partial charge >= 0.3 is 0 Å². The van der Waals surface area contributed by atoms with Crippen molar-refractivity contribution >= 4 is 16.0 Å². The highest BCUT2D eigenvalue weighted by Crippen LogP contribution is 2.38.